The van der Waals surface area contributed by atoms with Crippen molar-refractivity contribution in [2.24, 2.45) is 0 Å². The van der Waals surface area contributed by atoms with Gasteiger partial charge < -0.3 is 10.1 Å². The first-order valence-corrected chi connectivity index (χ1v) is 7.37. The van der Waals surface area contributed by atoms with Crippen LogP contribution in [0.3, 0.4) is 0 Å². The van der Waals surface area contributed by atoms with E-state index in [4.69, 9.17) is 28.6 Å². The van der Waals surface area contributed by atoms with Crippen LogP contribution in [0.4, 0.5) is 0 Å². The van der Waals surface area contributed by atoms with Crippen molar-refractivity contribution in [1.29, 1.82) is 0 Å². The molecule has 6 heteroatoms. The molecule has 1 aliphatic heterocycles. The molecule has 100 valence electrons. The maximum Gasteiger partial charge on any atom is 0.263 e. The number of nitrogens with one attached hydrogen (secondary N) is 1. The number of hydrogen-bond acceptors (Lipinski definition) is 4. The van der Waals surface area contributed by atoms with Crippen LogP contribution in [0, 0.1) is 0 Å². The summed E-state index contributed by atoms with van der Waals surface area (Å²) in [6.45, 7) is 2.66. The van der Waals surface area contributed by atoms with E-state index in [9.17, 15) is 4.79 Å². The Morgan fingerprint density at radius 1 is 1.53 bits per heavy atom. The summed E-state index contributed by atoms with van der Waals surface area (Å²) in [4.78, 5) is 12.2. The van der Waals surface area contributed by atoms with Crippen molar-refractivity contribution in [3.63, 3.8) is 0 Å². The predicted octanol–water partition coefficient (Wildman–Crippen LogP) is 3.62. The highest BCUT2D eigenvalue weighted by Gasteiger charge is 2.22. The van der Waals surface area contributed by atoms with Gasteiger partial charge in [-0.05, 0) is 30.7 Å². The van der Waals surface area contributed by atoms with Crippen molar-refractivity contribution in [1.82, 2.24) is 5.32 Å². The molecule has 1 aliphatic rings. The molecule has 1 aromatic carbocycles. The largest absolute Gasteiger partial charge is 0.493 e. The van der Waals surface area contributed by atoms with E-state index in [2.05, 4.69) is 5.32 Å². The minimum Gasteiger partial charge on any atom is -0.493 e. The standard InChI is InChI=1S/C13H12ClNO2S2/c1-2-5-17-10-4-3-9(14)6-8(10)7-11-12(16)15-13(18)19-11/h3-4,6-7H,2,5H2,1H3,(H,15,16,18)/b11-7-. The van der Waals surface area contributed by atoms with E-state index in [1.165, 1.54) is 11.8 Å². The number of benzene rings is 1. The Bertz CT molecular complexity index is 558. The van der Waals surface area contributed by atoms with Gasteiger partial charge in [-0.2, -0.15) is 0 Å². The van der Waals surface area contributed by atoms with E-state index < -0.39 is 0 Å². The number of thiocarbonyl (C=S) groups is 1. The molecule has 0 aromatic heterocycles. The SMILES string of the molecule is CCCOc1ccc(Cl)cc1/C=C1\SC(=S)NC1=O. The Hall–Kier alpha value is -1.04. The van der Waals surface area contributed by atoms with Gasteiger partial charge in [0, 0.05) is 10.6 Å². The zero-order chi connectivity index (χ0) is 13.8. The summed E-state index contributed by atoms with van der Waals surface area (Å²) in [6.07, 6.45) is 2.66. The Morgan fingerprint density at radius 3 is 2.95 bits per heavy atom. The number of thioether (sulfide) groups is 1. The molecule has 2 rings (SSSR count). The molecular weight excluding hydrogens is 302 g/mol. The van der Waals surface area contributed by atoms with E-state index >= 15 is 0 Å². The van der Waals surface area contributed by atoms with E-state index in [1.807, 2.05) is 6.92 Å². The number of halogens is 1. The van der Waals surface area contributed by atoms with Gasteiger partial charge in [-0.1, -0.05) is 42.5 Å². The predicted molar refractivity (Wildman–Crippen MR) is 83.5 cm³/mol. The molecule has 1 heterocycles. The van der Waals surface area contributed by atoms with Gasteiger partial charge in [0.2, 0.25) is 0 Å². The van der Waals surface area contributed by atoms with Gasteiger partial charge in [-0.3, -0.25) is 4.79 Å². The number of amides is 1. The fourth-order valence-electron chi connectivity index (χ4n) is 1.54. The molecule has 3 nitrogen and oxygen atoms in total. The molecular formula is C13H12ClNO2S2. The highest BCUT2D eigenvalue weighted by Crippen LogP contribution is 2.30. The summed E-state index contributed by atoms with van der Waals surface area (Å²) in [6, 6.07) is 5.34. The fraction of sp³-hybridized carbons (Fsp3) is 0.231. The minimum absolute atomic E-state index is 0.184. The zero-order valence-corrected chi connectivity index (χ0v) is 12.6. The first-order valence-electron chi connectivity index (χ1n) is 5.77. The van der Waals surface area contributed by atoms with Crippen LogP contribution in [0.15, 0.2) is 23.1 Å². The van der Waals surface area contributed by atoms with Crippen LogP contribution in [0.2, 0.25) is 5.02 Å². The molecule has 1 fully saturated rings. The third-order valence-corrected chi connectivity index (χ3v) is 3.76. The van der Waals surface area contributed by atoms with Crippen LogP contribution < -0.4 is 10.1 Å². The molecule has 0 saturated carbocycles. The van der Waals surface area contributed by atoms with Gasteiger partial charge in [0.05, 0.1) is 11.5 Å². The molecule has 0 aliphatic carbocycles. The monoisotopic (exact) mass is 313 g/mol. The Morgan fingerprint density at radius 2 is 2.32 bits per heavy atom. The minimum atomic E-state index is -0.184. The maximum atomic E-state index is 11.6. The van der Waals surface area contributed by atoms with Crippen molar-refractivity contribution in [2.75, 3.05) is 6.61 Å². The number of carbonyl (C=O) groups excluding carboxylic acids is 1. The van der Waals surface area contributed by atoms with Gasteiger partial charge in [0.15, 0.2) is 0 Å². The molecule has 1 aromatic rings. The van der Waals surface area contributed by atoms with Gasteiger partial charge in [0.25, 0.3) is 5.91 Å². The smallest absolute Gasteiger partial charge is 0.263 e. The highest BCUT2D eigenvalue weighted by molar-refractivity contribution is 8.26. The molecule has 0 radical (unpaired) electrons. The van der Waals surface area contributed by atoms with Gasteiger partial charge in [-0.15, -0.1) is 0 Å². The molecule has 19 heavy (non-hydrogen) atoms. The van der Waals surface area contributed by atoms with E-state index in [0.717, 1.165) is 12.0 Å². The maximum absolute atomic E-state index is 11.6. The van der Waals surface area contributed by atoms with Crippen molar-refractivity contribution in [2.45, 2.75) is 13.3 Å². The van der Waals surface area contributed by atoms with Crippen molar-refractivity contribution >= 4 is 51.9 Å². The second-order valence-corrected chi connectivity index (χ2v) is 6.04. The lowest BCUT2D eigenvalue weighted by atomic mass is 10.2. The molecule has 1 saturated heterocycles. The lowest BCUT2D eigenvalue weighted by Crippen LogP contribution is -2.17. The third kappa shape index (κ3) is 3.72. The van der Waals surface area contributed by atoms with Crippen molar-refractivity contribution in [3.8, 4) is 5.75 Å². The van der Waals surface area contributed by atoms with E-state index in [0.29, 0.717) is 26.6 Å². The third-order valence-electron chi connectivity index (χ3n) is 2.36. The first-order chi connectivity index (χ1) is 9.10. The van der Waals surface area contributed by atoms with E-state index in [-0.39, 0.29) is 5.91 Å². The average Bonchev–Trinajstić information content (AvgIpc) is 2.67. The summed E-state index contributed by atoms with van der Waals surface area (Å²) in [5.41, 5.74) is 0.781. The fourth-order valence-corrected chi connectivity index (χ4v) is 2.75. The van der Waals surface area contributed by atoms with Gasteiger partial charge in [-0.25, -0.2) is 0 Å². The number of carbonyl (C=O) groups is 1. The number of ether oxygens (including phenoxy) is 1. The van der Waals surface area contributed by atoms with E-state index in [1.54, 1.807) is 24.3 Å². The summed E-state index contributed by atoms with van der Waals surface area (Å²) in [5, 5.41) is 3.18. The quantitative estimate of drug-likeness (QED) is 0.680. The summed E-state index contributed by atoms with van der Waals surface area (Å²) < 4.78 is 6.10. The summed E-state index contributed by atoms with van der Waals surface area (Å²) >= 11 is 12.2. The molecule has 0 atom stereocenters. The lowest BCUT2D eigenvalue weighted by molar-refractivity contribution is -0.115. The van der Waals surface area contributed by atoms with Crippen LogP contribution in [-0.4, -0.2) is 16.8 Å². The topological polar surface area (TPSA) is 38.3 Å². The summed E-state index contributed by atoms with van der Waals surface area (Å²) in [7, 11) is 0. The highest BCUT2D eigenvalue weighted by atomic mass is 35.5. The second-order valence-electron chi connectivity index (χ2n) is 3.88. The zero-order valence-electron chi connectivity index (χ0n) is 10.2. The van der Waals surface area contributed by atoms with Crippen molar-refractivity contribution in [3.05, 3.63) is 33.7 Å². The van der Waals surface area contributed by atoms with Crippen LogP contribution in [0.25, 0.3) is 6.08 Å². The Balaban J connectivity index is 2.32. The van der Waals surface area contributed by atoms with Crippen LogP contribution in [0.1, 0.15) is 18.9 Å². The normalized spacial score (nSPS) is 16.8. The van der Waals surface area contributed by atoms with Gasteiger partial charge >= 0.3 is 0 Å². The van der Waals surface area contributed by atoms with Crippen molar-refractivity contribution < 1.29 is 9.53 Å². The summed E-state index contributed by atoms with van der Waals surface area (Å²) in [5.74, 6) is 0.529. The number of rotatable bonds is 4. The lowest BCUT2D eigenvalue weighted by Gasteiger charge is -2.08. The van der Waals surface area contributed by atoms with Crippen LogP contribution >= 0.6 is 35.6 Å². The Labute approximate surface area is 126 Å². The second kappa shape index (κ2) is 6.41. The average molecular weight is 314 g/mol. The first kappa shape index (κ1) is 14.4. The van der Waals surface area contributed by atoms with Crippen LogP contribution in [-0.2, 0) is 4.79 Å². The number of hydrogen-bond donors (Lipinski definition) is 1. The molecule has 0 bridgehead atoms. The molecule has 1 N–H and O–H groups in total. The Kier molecular flexibility index (Phi) is 4.85. The molecule has 0 spiro atoms. The molecule has 0 unspecified atom stereocenters. The molecule has 1 amide bonds. The van der Waals surface area contributed by atoms with Crippen LogP contribution in [0.5, 0.6) is 5.75 Å². The van der Waals surface area contributed by atoms with Gasteiger partial charge in [0.1, 0.15) is 10.1 Å².